The van der Waals surface area contributed by atoms with Gasteiger partial charge in [-0.05, 0) is 42.8 Å². The second-order valence-electron chi connectivity index (χ2n) is 6.96. The Hall–Kier alpha value is -2.53. The second-order valence-corrected chi connectivity index (χ2v) is 7.39. The molecule has 2 aliphatic rings. The first-order valence-electron chi connectivity index (χ1n) is 9.29. The molecule has 6 heteroatoms. The minimum Gasteiger partial charge on any atom is -0.368 e. The van der Waals surface area contributed by atoms with Crippen molar-refractivity contribution < 1.29 is 9.59 Å². The summed E-state index contributed by atoms with van der Waals surface area (Å²) in [5.74, 6) is -0.707. The van der Waals surface area contributed by atoms with Crippen LogP contribution < -0.4 is 9.80 Å². The van der Waals surface area contributed by atoms with Gasteiger partial charge in [-0.2, -0.15) is 0 Å². The normalized spacial score (nSPS) is 20.3. The number of hydrogen-bond acceptors (Lipinski definition) is 3. The number of nitrogens with zero attached hydrogens (tertiary/aromatic N) is 3. The first-order valence-corrected chi connectivity index (χ1v) is 9.67. The van der Waals surface area contributed by atoms with E-state index in [9.17, 15) is 9.59 Å². The number of amides is 2. The third-order valence-electron chi connectivity index (χ3n) is 5.35. The van der Waals surface area contributed by atoms with E-state index in [1.54, 1.807) is 17.0 Å². The number of anilines is 2. The Morgan fingerprint density at radius 3 is 2.19 bits per heavy atom. The summed E-state index contributed by atoms with van der Waals surface area (Å²) in [6.07, 6.45) is 0.569. The highest BCUT2D eigenvalue weighted by molar-refractivity contribution is 6.30. The molecule has 4 rings (SSSR count). The van der Waals surface area contributed by atoms with Gasteiger partial charge >= 0.3 is 0 Å². The molecule has 1 atom stereocenters. The Morgan fingerprint density at radius 1 is 0.852 bits per heavy atom. The lowest BCUT2D eigenvalue weighted by atomic mass is 10.1. The third-order valence-corrected chi connectivity index (χ3v) is 5.61. The molecule has 5 nitrogen and oxygen atoms in total. The highest BCUT2D eigenvalue weighted by atomic mass is 35.5. The molecule has 27 heavy (non-hydrogen) atoms. The van der Waals surface area contributed by atoms with Gasteiger partial charge in [-0.15, -0.1) is 0 Å². The average Bonchev–Trinajstić information content (AvgIpc) is 3.10. The van der Waals surface area contributed by atoms with Gasteiger partial charge in [-0.3, -0.25) is 9.59 Å². The summed E-state index contributed by atoms with van der Waals surface area (Å²) in [6.45, 7) is 3.45. The summed E-state index contributed by atoms with van der Waals surface area (Å²) < 4.78 is 0. The van der Waals surface area contributed by atoms with Crippen molar-refractivity contribution >= 4 is 34.8 Å². The fourth-order valence-corrected chi connectivity index (χ4v) is 3.96. The molecule has 0 aromatic heterocycles. The van der Waals surface area contributed by atoms with E-state index in [1.165, 1.54) is 5.69 Å². The number of carbonyl (C=O) groups is 2. The molecule has 0 saturated carbocycles. The van der Waals surface area contributed by atoms with Crippen LogP contribution in [0.5, 0.6) is 0 Å². The molecule has 140 valence electrons. The Labute approximate surface area is 164 Å². The summed E-state index contributed by atoms with van der Waals surface area (Å²) in [7, 11) is 0. The fourth-order valence-electron chi connectivity index (χ4n) is 3.83. The van der Waals surface area contributed by atoms with Crippen molar-refractivity contribution in [2.45, 2.75) is 6.42 Å². The van der Waals surface area contributed by atoms with E-state index in [1.807, 2.05) is 35.2 Å². The van der Waals surface area contributed by atoms with E-state index in [0.29, 0.717) is 31.1 Å². The minimum atomic E-state index is -0.566. The van der Waals surface area contributed by atoms with E-state index in [0.717, 1.165) is 18.8 Å². The molecule has 2 heterocycles. The first-order chi connectivity index (χ1) is 13.1. The van der Waals surface area contributed by atoms with Gasteiger partial charge in [0.2, 0.25) is 11.8 Å². The van der Waals surface area contributed by atoms with Crippen LogP contribution >= 0.6 is 11.6 Å². The van der Waals surface area contributed by atoms with Crippen LogP contribution in [0.15, 0.2) is 54.6 Å². The molecule has 2 fully saturated rings. The van der Waals surface area contributed by atoms with Crippen LogP contribution in [0.1, 0.15) is 6.42 Å². The zero-order valence-electron chi connectivity index (χ0n) is 15.1. The molecule has 2 aromatic carbocycles. The van der Waals surface area contributed by atoms with E-state index >= 15 is 0 Å². The highest BCUT2D eigenvalue weighted by Gasteiger charge is 2.40. The molecule has 2 aliphatic heterocycles. The average molecular weight is 384 g/mol. The summed E-state index contributed by atoms with van der Waals surface area (Å²) in [5.41, 5.74) is 1.98. The molecule has 0 spiro atoms. The van der Waals surface area contributed by atoms with Crippen LogP contribution in [0.4, 0.5) is 11.4 Å². The zero-order chi connectivity index (χ0) is 18.8. The molecule has 2 aromatic rings. The van der Waals surface area contributed by atoms with Gasteiger partial charge in [0.25, 0.3) is 0 Å². The maximum atomic E-state index is 12.9. The highest BCUT2D eigenvalue weighted by Crippen LogP contribution is 2.28. The van der Waals surface area contributed by atoms with Crippen LogP contribution in [0.2, 0.25) is 5.02 Å². The van der Waals surface area contributed by atoms with Gasteiger partial charge in [0.05, 0.1) is 0 Å². The van der Waals surface area contributed by atoms with Gasteiger partial charge in [0.1, 0.15) is 5.92 Å². The molecule has 2 saturated heterocycles. The number of rotatable bonds is 3. The Balaban J connectivity index is 1.38. The summed E-state index contributed by atoms with van der Waals surface area (Å²) in [6, 6.07) is 17.4. The summed E-state index contributed by atoms with van der Waals surface area (Å²) in [5, 5.41) is 0.634. The van der Waals surface area contributed by atoms with E-state index < -0.39 is 5.92 Å². The lowest BCUT2D eigenvalue weighted by Crippen LogP contribution is -2.51. The van der Waals surface area contributed by atoms with Gasteiger partial charge in [0, 0.05) is 49.1 Å². The topological polar surface area (TPSA) is 43.9 Å². The van der Waals surface area contributed by atoms with E-state index in [-0.39, 0.29) is 11.8 Å². The fraction of sp³-hybridized carbons (Fsp3) is 0.333. The maximum Gasteiger partial charge on any atom is 0.239 e. The van der Waals surface area contributed by atoms with Crippen LogP contribution in [0.25, 0.3) is 0 Å². The van der Waals surface area contributed by atoms with Crippen molar-refractivity contribution in [1.82, 2.24) is 4.90 Å². The number of para-hydroxylation sites is 1. The van der Waals surface area contributed by atoms with Crippen LogP contribution in [0.3, 0.4) is 0 Å². The van der Waals surface area contributed by atoms with Crippen molar-refractivity contribution in [1.29, 1.82) is 0 Å². The summed E-state index contributed by atoms with van der Waals surface area (Å²) >= 11 is 5.92. The van der Waals surface area contributed by atoms with Crippen molar-refractivity contribution in [3.63, 3.8) is 0 Å². The van der Waals surface area contributed by atoms with Crippen LogP contribution in [-0.2, 0) is 9.59 Å². The number of benzene rings is 2. The van der Waals surface area contributed by atoms with Crippen LogP contribution in [-0.4, -0.2) is 49.4 Å². The lowest BCUT2D eigenvalue weighted by molar-refractivity contribution is -0.140. The van der Waals surface area contributed by atoms with Crippen molar-refractivity contribution in [3.8, 4) is 0 Å². The first kappa shape index (κ1) is 17.9. The molecule has 0 N–H and O–H groups in total. The minimum absolute atomic E-state index is 0.0378. The predicted octanol–water partition coefficient (Wildman–Crippen LogP) is 3.04. The second kappa shape index (κ2) is 7.61. The van der Waals surface area contributed by atoms with Crippen molar-refractivity contribution in [3.05, 3.63) is 59.6 Å². The largest absolute Gasteiger partial charge is 0.368 e. The number of hydrogen-bond donors (Lipinski definition) is 0. The smallest absolute Gasteiger partial charge is 0.239 e. The maximum absolute atomic E-state index is 12.9. The van der Waals surface area contributed by atoms with E-state index in [4.69, 9.17) is 11.6 Å². The van der Waals surface area contributed by atoms with Gasteiger partial charge in [-0.25, -0.2) is 0 Å². The molecule has 0 bridgehead atoms. The molecule has 0 unspecified atom stereocenters. The lowest BCUT2D eigenvalue weighted by Gasteiger charge is -2.37. The third kappa shape index (κ3) is 3.65. The Bertz CT molecular complexity index is 817. The molecular weight excluding hydrogens is 362 g/mol. The van der Waals surface area contributed by atoms with Gasteiger partial charge < -0.3 is 14.7 Å². The SMILES string of the molecule is O=C([C@@H]1CCN(c2ccc(Cl)cc2)C1=O)N1CCN(c2ccccc2)CC1. The standard InChI is InChI=1S/C21H22ClN3O2/c22-16-6-8-18(9-7-16)25-11-10-19(21(25)27)20(26)24-14-12-23(13-15-24)17-4-2-1-3-5-17/h1-9,19H,10-15H2/t19-/m0/s1. The molecular formula is C21H22ClN3O2. The van der Waals surface area contributed by atoms with Gasteiger partial charge in [-0.1, -0.05) is 29.8 Å². The summed E-state index contributed by atoms with van der Waals surface area (Å²) in [4.78, 5) is 31.5. The quantitative estimate of drug-likeness (QED) is 0.765. The van der Waals surface area contributed by atoms with Crippen LogP contribution in [0, 0.1) is 5.92 Å². The van der Waals surface area contributed by atoms with Crippen molar-refractivity contribution in [2.24, 2.45) is 5.92 Å². The molecule has 0 radical (unpaired) electrons. The number of piperazine rings is 1. The molecule has 0 aliphatic carbocycles. The molecule has 2 amide bonds. The van der Waals surface area contributed by atoms with E-state index in [2.05, 4.69) is 17.0 Å². The number of halogens is 1. The monoisotopic (exact) mass is 383 g/mol. The Morgan fingerprint density at radius 2 is 1.52 bits per heavy atom. The van der Waals surface area contributed by atoms with Gasteiger partial charge in [0.15, 0.2) is 0 Å². The predicted molar refractivity (Wildman–Crippen MR) is 107 cm³/mol. The number of carbonyl (C=O) groups excluding carboxylic acids is 2. The Kier molecular flexibility index (Phi) is 5.03. The zero-order valence-corrected chi connectivity index (χ0v) is 15.8. The van der Waals surface area contributed by atoms with Crippen molar-refractivity contribution in [2.75, 3.05) is 42.5 Å².